The third-order valence-corrected chi connectivity index (χ3v) is 6.58. The van der Waals surface area contributed by atoms with Gasteiger partial charge in [0.2, 0.25) is 10.0 Å². The van der Waals surface area contributed by atoms with Crippen molar-refractivity contribution in [2.45, 2.75) is 31.1 Å². The van der Waals surface area contributed by atoms with E-state index < -0.39 is 15.3 Å². The fourth-order valence-electron chi connectivity index (χ4n) is 3.01. The van der Waals surface area contributed by atoms with Gasteiger partial charge in [-0.1, -0.05) is 36.4 Å². The Morgan fingerprint density at radius 2 is 1.62 bits per heavy atom. The van der Waals surface area contributed by atoms with E-state index in [0.29, 0.717) is 18.8 Å². The topological polar surface area (TPSA) is 79.2 Å². The quantitative estimate of drug-likeness (QED) is 0.877. The number of nitrogens with one attached hydrogen (secondary N) is 1. The summed E-state index contributed by atoms with van der Waals surface area (Å²) >= 11 is 0. The van der Waals surface area contributed by atoms with Crippen molar-refractivity contribution in [3.8, 4) is 17.2 Å². The minimum absolute atomic E-state index is 0.00135. The second kappa shape index (κ2) is 7.58. The fourth-order valence-corrected chi connectivity index (χ4v) is 3.93. The van der Waals surface area contributed by atoms with Crippen molar-refractivity contribution in [3.05, 3.63) is 59.7 Å². The van der Waals surface area contributed by atoms with Crippen molar-refractivity contribution < 1.29 is 13.2 Å². The summed E-state index contributed by atoms with van der Waals surface area (Å²) in [6, 6.07) is 17.4. The van der Waals surface area contributed by atoms with Crippen LogP contribution in [0.15, 0.2) is 48.5 Å². The molecule has 0 bridgehead atoms. The molecular weight excluding hydrogens is 348 g/mol. The molecule has 1 saturated heterocycles. The van der Waals surface area contributed by atoms with Crippen LogP contribution in [-0.2, 0) is 14.8 Å². The maximum atomic E-state index is 12.2. The van der Waals surface area contributed by atoms with Crippen LogP contribution >= 0.6 is 0 Å². The van der Waals surface area contributed by atoms with Crippen molar-refractivity contribution in [2.24, 2.45) is 0 Å². The van der Waals surface area contributed by atoms with E-state index in [2.05, 4.69) is 10.8 Å². The van der Waals surface area contributed by atoms with Crippen LogP contribution in [0.4, 0.5) is 0 Å². The van der Waals surface area contributed by atoms with E-state index in [1.165, 1.54) is 0 Å². The lowest BCUT2D eigenvalue weighted by Gasteiger charge is -2.21. The first kappa shape index (κ1) is 18.6. The number of hydrogen-bond acceptors (Lipinski definition) is 4. The largest absolute Gasteiger partial charge is 0.379 e. The van der Waals surface area contributed by atoms with Crippen molar-refractivity contribution in [1.82, 2.24) is 4.72 Å². The second-order valence-corrected chi connectivity index (χ2v) is 9.04. The van der Waals surface area contributed by atoms with Crippen LogP contribution < -0.4 is 4.72 Å². The lowest BCUT2D eigenvalue weighted by molar-refractivity contribution is 0.189. The summed E-state index contributed by atoms with van der Waals surface area (Å²) in [6.45, 7) is 4.22. The number of rotatable bonds is 5. The molecule has 0 amide bonds. The normalized spacial score (nSPS) is 20.2. The van der Waals surface area contributed by atoms with Crippen LogP contribution in [0.3, 0.4) is 0 Å². The van der Waals surface area contributed by atoms with Crippen LogP contribution in [0.2, 0.25) is 0 Å². The summed E-state index contributed by atoms with van der Waals surface area (Å²) in [4.78, 5) is 0. The van der Waals surface area contributed by atoms with E-state index in [1.807, 2.05) is 36.4 Å². The predicted octanol–water partition coefficient (Wildman–Crippen LogP) is 3.04. The van der Waals surface area contributed by atoms with E-state index >= 15 is 0 Å². The van der Waals surface area contributed by atoms with Gasteiger partial charge in [0.05, 0.1) is 36.1 Å². The third kappa shape index (κ3) is 3.96. The third-order valence-electron chi connectivity index (χ3n) is 4.70. The molecule has 1 aliphatic heterocycles. The first-order valence-corrected chi connectivity index (χ1v) is 10.1. The molecule has 0 unspecified atom stereocenters. The van der Waals surface area contributed by atoms with E-state index in [9.17, 15) is 8.42 Å². The van der Waals surface area contributed by atoms with Gasteiger partial charge < -0.3 is 4.74 Å². The minimum Gasteiger partial charge on any atom is -0.379 e. The lowest BCUT2D eigenvalue weighted by atomic mass is 9.93. The van der Waals surface area contributed by atoms with E-state index in [0.717, 1.165) is 16.7 Å². The summed E-state index contributed by atoms with van der Waals surface area (Å²) in [5.74, 6) is -0.00135. The van der Waals surface area contributed by atoms with Crippen molar-refractivity contribution in [1.29, 1.82) is 5.26 Å². The number of sulfonamides is 1. The number of nitriles is 1. The molecule has 1 heterocycles. The van der Waals surface area contributed by atoms with Gasteiger partial charge in [-0.15, -0.1) is 0 Å². The standard InChI is InChI=1S/C20H22N2O3S/c1-14(2)26(23,24)22-20-13-25-12-19(20)18-9-7-17(8-10-18)16-5-3-15(11-21)4-6-16/h3-10,14,19-20,22H,12-13H2,1-2H3/t19-,20-/m1/s1. The molecule has 2 aromatic rings. The summed E-state index contributed by atoms with van der Waals surface area (Å²) in [5.41, 5.74) is 3.77. The highest BCUT2D eigenvalue weighted by Gasteiger charge is 2.33. The Morgan fingerprint density at radius 1 is 1.04 bits per heavy atom. The van der Waals surface area contributed by atoms with Crippen molar-refractivity contribution >= 4 is 10.0 Å². The monoisotopic (exact) mass is 370 g/mol. The fraction of sp³-hybridized carbons (Fsp3) is 0.350. The second-order valence-electron chi connectivity index (χ2n) is 6.77. The number of nitrogens with zero attached hydrogens (tertiary/aromatic N) is 1. The van der Waals surface area contributed by atoms with Gasteiger partial charge in [0.15, 0.2) is 0 Å². The van der Waals surface area contributed by atoms with Gasteiger partial charge in [0.1, 0.15) is 0 Å². The molecule has 1 fully saturated rings. The van der Waals surface area contributed by atoms with Gasteiger partial charge in [-0.05, 0) is 42.7 Å². The van der Waals surface area contributed by atoms with Gasteiger partial charge in [-0.25, -0.2) is 13.1 Å². The Hall–Kier alpha value is -2.20. The van der Waals surface area contributed by atoms with E-state index in [-0.39, 0.29) is 12.0 Å². The van der Waals surface area contributed by atoms with Crippen molar-refractivity contribution in [3.63, 3.8) is 0 Å². The molecule has 0 aromatic heterocycles. The maximum Gasteiger partial charge on any atom is 0.214 e. The molecule has 0 aliphatic carbocycles. The summed E-state index contributed by atoms with van der Waals surface area (Å²) in [7, 11) is -3.34. The van der Waals surface area contributed by atoms with Crippen LogP contribution in [0.1, 0.15) is 30.9 Å². The van der Waals surface area contributed by atoms with Crippen LogP contribution in [0.5, 0.6) is 0 Å². The SMILES string of the molecule is CC(C)S(=O)(=O)N[C@@H]1COC[C@@H]1c1ccc(-c2ccc(C#N)cc2)cc1. The Balaban J connectivity index is 1.78. The van der Waals surface area contributed by atoms with Gasteiger partial charge in [0, 0.05) is 5.92 Å². The molecule has 2 aromatic carbocycles. The molecule has 2 atom stereocenters. The first-order valence-electron chi connectivity index (χ1n) is 8.60. The van der Waals surface area contributed by atoms with Crippen molar-refractivity contribution in [2.75, 3.05) is 13.2 Å². The van der Waals surface area contributed by atoms with E-state index in [1.54, 1.807) is 26.0 Å². The molecular formula is C20H22N2O3S. The molecule has 136 valence electrons. The molecule has 3 rings (SSSR count). The van der Waals surface area contributed by atoms with Crippen LogP contribution in [-0.4, -0.2) is 32.9 Å². The zero-order valence-electron chi connectivity index (χ0n) is 14.8. The molecule has 5 nitrogen and oxygen atoms in total. The molecule has 1 N–H and O–H groups in total. The van der Waals surface area contributed by atoms with E-state index in [4.69, 9.17) is 10.00 Å². The molecule has 1 aliphatic rings. The zero-order chi connectivity index (χ0) is 18.7. The zero-order valence-corrected chi connectivity index (χ0v) is 15.7. The Kier molecular flexibility index (Phi) is 5.42. The van der Waals surface area contributed by atoms with Crippen LogP contribution in [0, 0.1) is 11.3 Å². The van der Waals surface area contributed by atoms with Gasteiger partial charge in [-0.2, -0.15) is 5.26 Å². The summed E-state index contributed by atoms with van der Waals surface area (Å²) in [6.07, 6.45) is 0. The number of hydrogen-bond donors (Lipinski definition) is 1. The molecule has 0 saturated carbocycles. The summed E-state index contributed by atoms with van der Waals surface area (Å²) in [5, 5.41) is 8.42. The Labute approximate surface area is 154 Å². The molecule has 0 radical (unpaired) electrons. The highest BCUT2D eigenvalue weighted by Crippen LogP contribution is 2.29. The maximum absolute atomic E-state index is 12.2. The predicted molar refractivity (Wildman–Crippen MR) is 101 cm³/mol. The van der Waals surface area contributed by atoms with Crippen LogP contribution in [0.25, 0.3) is 11.1 Å². The van der Waals surface area contributed by atoms with Gasteiger partial charge in [-0.3, -0.25) is 0 Å². The molecule has 0 spiro atoms. The Morgan fingerprint density at radius 3 is 2.15 bits per heavy atom. The smallest absolute Gasteiger partial charge is 0.214 e. The number of ether oxygens (including phenoxy) is 1. The minimum atomic E-state index is -3.34. The highest BCUT2D eigenvalue weighted by atomic mass is 32.2. The average molecular weight is 370 g/mol. The van der Waals surface area contributed by atoms with Gasteiger partial charge >= 0.3 is 0 Å². The molecule has 6 heteroatoms. The number of benzene rings is 2. The Bertz CT molecular complexity index is 898. The lowest BCUT2D eigenvalue weighted by Crippen LogP contribution is -2.42. The summed E-state index contributed by atoms with van der Waals surface area (Å²) < 4.78 is 32.6. The first-order chi connectivity index (χ1) is 12.4. The molecule has 26 heavy (non-hydrogen) atoms. The average Bonchev–Trinajstić information content (AvgIpc) is 3.09. The van der Waals surface area contributed by atoms with Gasteiger partial charge in [0.25, 0.3) is 0 Å². The highest BCUT2D eigenvalue weighted by molar-refractivity contribution is 7.90.